The molecule has 1 N–H and O–H groups in total. The number of para-hydroxylation sites is 1. The van der Waals surface area contributed by atoms with Crippen LogP contribution < -0.4 is 5.32 Å². The van der Waals surface area contributed by atoms with Gasteiger partial charge < -0.3 is 10.2 Å². The molecule has 0 bridgehead atoms. The maximum absolute atomic E-state index is 13.4. The minimum absolute atomic E-state index is 0.0631. The summed E-state index contributed by atoms with van der Waals surface area (Å²) >= 11 is 8.27. The molecule has 1 amide bonds. The fourth-order valence-electron chi connectivity index (χ4n) is 4.80. The van der Waals surface area contributed by atoms with Crippen LogP contribution in [0.25, 0.3) is 10.9 Å². The largest absolute Gasteiger partial charge is 0.433 e. The number of fused-ring (bicyclic) bond motifs is 1. The van der Waals surface area contributed by atoms with Crippen LogP contribution in [0.3, 0.4) is 0 Å². The highest BCUT2D eigenvalue weighted by Crippen LogP contribution is 2.47. The van der Waals surface area contributed by atoms with Crippen molar-refractivity contribution in [3.05, 3.63) is 62.6 Å². The Hall–Kier alpha value is -2.14. The number of nitrogens with zero attached hydrogens (tertiary/aromatic N) is 3. The highest BCUT2D eigenvalue weighted by atomic mass is 127. The third-order valence-electron chi connectivity index (χ3n) is 6.42. The zero-order valence-corrected chi connectivity index (χ0v) is 20.2. The highest BCUT2D eigenvalue weighted by molar-refractivity contribution is 14.1. The average molecular weight is 587 g/mol. The standard InChI is InChI=1S/C23H19ClF3IN4O/c24-20-19(15(28)7-9-29-20)21(33)32-12-22(32)8-3-4-13(11-22)30-17-10-18(23(25,26)27)31-16-6-2-1-5-14(16)17/h1-2,5-7,9-10,13H,3-4,8,11-12H2,(H,30,31)/t13-,22+,32?/m0/s1. The molecule has 1 aliphatic heterocycles. The number of hydrogen-bond acceptors (Lipinski definition) is 4. The van der Waals surface area contributed by atoms with Gasteiger partial charge in [-0.25, -0.2) is 9.97 Å². The molecular formula is C23H19ClF3IN4O. The predicted octanol–water partition coefficient (Wildman–Crippen LogP) is 6.16. The number of amides is 1. The summed E-state index contributed by atoms with van der Waals surface area (Å²) in [6, 6.07) is 9.57. The molecule has 0 unspecified atom stereocenters. The van der Waals surface area contributed by atoms with E-state index in [9.17, 15) is 18.0 Å². The van der Waals surface area contributed by atoms with Crippen LogP contribution in [-0.4, -0.2) is 38.9 Å². The van der Waals surface area contributed by atoms with Gasteiger partial charge in [-0.1, -0.05) is 29.8 Å². The van der Waals surface area contributed by atoms with E-state index in [0.717, 1.165) is 28.9 Å². The molecule has 3 aromatic rings. The molecule has 5 rings (SSSR count). The zero-order chi connectivity index (χ0) is 23.4. The normalized spacial score (nSPS) is 22.6. The van der Waals surface area contributed by atoms with E-state index in [1.807, 2.05) is 4.90 Å². The van der Waals surface area contributed by atoms with Crippen molar-refractivity contribution in [2.24, 2.45) is 0 Å². The van der Waals surface area contributed by atoms with E-state index in [1.165, 1.54) is 0 Å². The molecule has 2 aromatic heterocycles. The second kappa shape index (κ2) is 8.26. The Labute approximate surface area is 206 Å². The van der Waals surface area contributed by atoms with Crippen molar-refractivity contribution >= 4 is 56.7 Å². The monoisotopic (exact) mass is 586 g/mol. The second-order valence-electron chi connectivity index (χ2n) is 8.58. The van der Waals surface area contributed by atoms with Gasteiger partial charge in [-0.15, -0.1) is 0 Å². The number of halogens is 5. The molecule has 1 saturated heterocycles. The Bertz CT molecular complexity index is 1230. The van der Waals surface area contributed by atoms with Crippen LogP contribution in [0, 0.1) is 3.57 Å². The van der Waals surface area contributed by atoms with Gasteiger partial charge in [0.1, 0.15) is 10.8 Å². The molecular weight excluding hydrogens is 568 g/mol. The lowest BCUT2D eigenvalue weighted by Crippen LogP contribution is -2.36. The van der Waals surface area contributed by atoms with E-state index in [0.29, 0.717) is 35.1 Å². The van der Waals surface area contributed by atoms with Gasteiger partial charge >= 0.3 is 6.18 Å². The van der Waals surface area contributed by atoms with Crippen molar-refractivity contribution in [2.75, 3.05) is 11.9 Å². The number of hydrogen-bond donors (Lipinski definition) is 1. The summed E-state index contributed by atoms with van der Waals surface area (Å²) in [6.45, 7) is 0.607. The van der Waals surface area contributed by atoms with E-state index in [2.05, 4.69) is 37.9 Å². The minimum Gasteiger partial charge on any atom is -0.382 e. The molecule has 1 aromatic carbocycles. The fourth-order valence-corrected chi connectivity index (χ4v) is 5.84. The molecule has 33 heavy (non-hydrogen) atoms. The van der Waals surface area contributed by atoms with Gasteiger partial charge in [0.2, 0.25) is 0 Å². The zero-order valence-electron chi connectivity index (χ0n) is 17.3. The Morgan fingerprint density at radius 1 is 1.27 bits per heavy atom. The number of carbonyl (C=O) groups excluding carboxylic acids is 1. The van der Waals surface area contributed by atoms with Crippen LogP contribution in [0.1, 0.15) is 41.7 Å². The van der Waals surface area contributed by atoms with E-state index in [4.69, 9.17) is 11.6 Å². The molecule has 1 saturated carbocycles. The lowest BCUT2D eigenvalue weighted by molar-refractivity contribution is -0.140. The molecule has 2 aliphatic rings. The average Bonchev–Trinajstić information content (AvgIpc) is 3.45. The summed E-state index contributed by atoms with van der Waals surface area (Å²) in [5.41, 5.74) is -0.104. The van der Waals surface area contributed by atoms with Gasteiger partial charge in [-0.2, -0.15) is 13.2 Å². The van der Waals surface area contributed by atoms with Crippen LogP contribution in [0.5, 0.6) is 0 Å². The topological polar surface area (TPSA) is 57.9 Å². The maximum Gasteiger partial charge on any atom is 0.433 e. The molecule has 3 heterocycles. The lowest BCUT2D eigenvalue weighted by atomic mass is 9.84. The number of carbonyl (C=O) groups is 1. The predicted molar refractivity (Wildman–Crippen MR) is 128 cm³/mol. The summed E-state index contributed by atoms with van der Waals surface area (Å²) in [6.07, 6.45) is 0.227. The number of aromatic nitrogens is 2. The van der Waals surface area contributed by atoms with Crippen LogP contribution in [-0.2, 0) is 6.18 Å². The molecule has 10 heteroatoms. The van der Waals surface area contributed by atoms with Gasteiger partial charge in [0.05, 0.1) is 16.6 Å². The van der Waals surface area contributed by atoms with Crippen LogP contribution >= 0.6 is 34.2 Å². The lowest BCUT2D eigenvalue weighted by Gasteiger charge is -2.31. The number of rotatable bonds is 3. The Balaban J connectivity index is 1.39. The minimum atomic E-state index is -4.53. The highest BCUT2D eigenvalue weighted by Gasteiger charge is 2.57. The third kappa shape index (κ3) is 4.25. The van der Waals surface area contributed by atoms with E-state index >= 15 is 0 Å². The third-order valence-corrected chi connectivity index (χ3v) is 7.61. The van der Waals surface area contributed by atoms with Gasteiger partial charge in [0.25, 0.3) is 5.91 Å². The second-order valence-corrected chi connectivity index (χ2v) is 10.1. The number of alkyl halides is 3. The van der Waals surface area contributed by atoms with Crippen molar-refractivity contribution in [1.82, 2.24) is 14.9 Å². The summed E-state index contributed by atoms with van der Waals surface area (Å²) in [5.74, 6) is -0.146. The summed E-state index contributed by atoms with van der Waals surface area (Å²) in [4.78, 5) is 22.8. The fraction of sp³-hybridized carbons (Fsp3) is 0.348. The molecule has 2 fully saturated rings. The first-order valence-corrected chi connectivity index (χ1v) is 12.0. The van der Waals surface area contributed by atoms with Crippen LogP contribution in [0.4, 0.5) is 18.9 Å². The van der Waals surface area contributed by atoms with Gasteiger partial charge in [0.15, 0.2) is 0 Å². The van der Waals surface area contributed by atoms with E-state index in [-0.39, 0.29) is 22.6 Å². The molecule has 5 nitrogen and oxygen atoms in total. The SMILES string of the molecule is O=C(c1c(I)ccnc1Cl)N1C[C@]12CCC[C@H](Nc1cc(C(F)(F)F)nc3ccccc13)C2. The van der Waals surface area contributed by atoms with Gasteiger partial charge in [-0.05, 0) is 66.5 Å². The Kier molecular flexibility index (Phi) is 5.67. The van der Waals surface area contributed by atoms with Crippen LogP contribution in [0.15, 0.2) is 42.6 Å². The number of nitrogens with one attached hydrogen (secondary N) is 1. The van der Waals surface area contributed by atoms with Crippen molar-refractivity contribution in [1.29, 1.82) is 0 Å². The van der Waals surface area contributed by atoms with Gasteiger partial charge in [0, 0.05) is 33.4 Å². The van der Waals surface area contributed by atoms with Crippen molar-refractivity contribution in [3.63, 3.8) is 0 Å². The van der Waals surface area contributed by atoms with Crippen molar-refractivity contribution < 1.29 is 18.0 Å². The first-order valence-electron chi connectivity index (χ1n) is 10.5. The molecule has 0 radical (unpaired) electrons. The maximum atomic E-state index is 13.4. The van der Waals surface area contributed by atoms with E-state index in [1.54, 1.807) is 36.5 Å². The number of benzene rings is 1. The molecule has 2 atom stereocenters. The quantitative estimate of drug-likeness (QED) is 0.227. The molecule has 172 valence electrons. The molecule has 1 aliphatic carbocycles. The summed E-state index contributed by atoms with van der Waals surface area (Å²) < 4.78 is 41.0. The molecule has 1 spiro atoms. The van der Waals surface area contributed by atoms with E-state index < -0.39 is 11.9 Å². The van der Waals surface area contributed by atoms with Crippen molar-refractivity contribution in [2.45, 2.75) is 43.4 Å². The van der Waals surface area contributed by atoms with Crippen molar-refractivity contribution in [3.8, 4) is 0 Å². The smallest absolute Gasteiger partial charge is 0.382 e. The summed E-state index contributed by atoms with van der Waals surface area (Å²) in [7, 11) is 0. The van der Waals surface area contributed by atoms with Gasteiger partial charge in [-0.3, -0.25) is 4.79 Å². The number of pyridine rings is 2. The number of anilines is 1. The van der Waals surface area contributed by atoms with Crippen LogP contribution in [0.2, 0.25) is 5.15 Å². The first-order chi connectivity index (χ1) is 15.7. The Morgan fingerprint density at radius 3 is 2.82 bits per heavy atom. The first kappa shape index (κ1) is 22.6. The summed E-state index contributed by atoms with van der Waals surface area (Å²) in [5, 5.41) is 4.16. The Morgan fingerprint density at radius 2 is 2.06 bits per heavy atom.